The van der Waals surface area contributed by atoms with Crippen LogP contribution < -0.4 is 0 Å². The lowest BCUT2D eigenvalue weighted by Gasteiger charge is -2.15. The first kappa shape index (κ1) is 8.34. The Kier molecular flexibility index (Phi) is 2.86. The maximum Gasteiger partial charge on any atom is -0.0231 e. The molecule has 2 rings (SSSR count). The van der Waals surface area contributed by atoms with Crippen molar-refractivity contribution in [1.82, 2.24) is 0 Å². The third kappa shape index (κ3) is 2.12. The topological polar surface area (TPSA) is 0 Å². The number of hydrogen-bond acceptors (Lipinski definition) is 0. The van der Waals surface area contributed by atoms with Crippen LogP contribution in [0.3, 0.4) is 0 Å². The van der Waals surface area contributed by atoms with Gasteiger partial charge in [0.15, 0.2) is 0 Å². The summed E-state index contributed by atoms with van der Waals surface area (Å²) in [5.74, 6) is 0.970. The standard InChI is InChI=1S/C12H20/c1-2-6-11(7-3-1)10-12-8-4-5-9-12/h10,12H,1-9H2. The van der Waals surface area contributed by atoms with Crippen LogP contribution in [0, 0.1) is 5.92 Å². The Morgan fingerprint density at radius 2 is 1.50 bits per heavy atom. The highest BCUT2D eigenvalue weighted by Crippen LogP contribution is 2.30. The van der Waals surface area contributed by atoms with Crippen LogP contribution in [0.5, 0.6) is 0 Å². The summed E-state index contributed by atoms with van der Waals surface area (Å²) in [5, 5.41) is 0. The molecule has 2 aliphatic carbocycles. The van der Waals surface area contributed by atoms with Crippen molar-refractivity contribution in [3.8, 4) is 0 Å². The second kappa shape index (κ2) is 4.11. The average molecular weight is 164 g/mol. The molecule has 0 saturated heterocycles. The summed E-state index contributed by atoms with van der Waals surface area (Å²) in [6.45, 7) is 0. The fraction of sp³-hybridized carbons (Fsp3) is 0.833. The molecule has 0 aromatic carbocycles. The lowest BCUT2D eigenvalue weighted by molar-refractivity contribution is 0.581. The zero-order valence-corrected chi connectivity index (χ0v) is 8.02. The van der Waals surface area contributed by atoms with Gasteiger partial charge in [-0.1, -0.05) is 30.9 Å². The Bertz CT molecular complexity index is 153. The first-order chi connectivity index (χ1) is 5.95. The molecule has 0 spiro atoms. The molecule has 0 aromatic rings. The molecule has 0 N–H and O–H groups in total. The summed E-state index contributed by atoms with van der Waals surface area (Å²) in [6.07, 6.45) is 15.7. The largest absolute Gasteiger partial charge is 0.0822 e. The van der Waals surface area contributed by atoms with Crippen LogP contribution >= 0.6 is 0 Å². The van der Waals surface area contributed by atoms with Gasteiger partial charge in [0.1, 0.15) is 0 Å². The van der Waals surface area contributed by atoms with E-state index < -0.39 is 0 Å². The van der Waals surface area contributed by atoms with Gasteiger partial charge in [0.25, 0.3) is 0 Å². The van der Waals surface area contributed by atoms with E-state index >= 15 is 0 Å². The van der Waals surface area contributed by atoms with Gasteiger partial charge >= 0.3 is 0 Å². The van der Waals surface area contributed by atoms with Crippen molar-refractivity contribution >= 4 is 0 Å². The number of allylic oxidation sites excluding steroid dienone is 2. The van der Waals surface area contributed by atoms with Crippen LogP contribution in [0.1, 0.15) is 57.8 Å². The van der Waals surface area contributed by atoms with Crippen molar-refractivity contribution in [1.29, 1.82) is 0 Å². The molecule has 0 heterocycles. The van der Waals surface area contributed by atoms with Gasteiger partial charge in [-0.05, 0) is 44.4 Å². The van der Waals surface area contributed by atoms with E-state index in [1.807, 2.05) is 0 Å². The van der Waals surface area contributed by atoms with Gasteiger partial charge < -0.3 is 0 Å². The Balaban J connectivity index is 1.87. The third-order valence-electron chi connectivity index (χ3n) is 3.37. The zero-order valence-electron chi connectivity index (χ0n) is 8.02. The fourth-order valence-corrected chi connectivity index (χ4v) is 2.63. The maximum absolute atomic E-state index is 2.62. The summed E-state index contributed by atoms with van der Waals surface area (Å²) in [6, 6.07) is 0. The van der Waals surface area contributed by atoms with E-state index in [2.05, 4.69) is 6.08 Å². The second-order valence-electron chi connectivity index (χ2n) is 4.43. The molecule has 2 fully saturated rings. The summed E-state index contributed by atoms with van der Waals surface area (Å²) in [4.78, 5) is 0. The first-order valence-corrected chi connectivity index (χ1v) is 5.65. The van der Waals surface area contributed by atoms with E-state index in [0.29, 0.717) is 0 Å². The predicted molar refractivity (Wildman–Crippen MR) is 53.1 cm³/mol. The minimum Gasteiger partial charge on any atom is -0.0822 e. The van der Waals surface area contributed by atoms with Crippen LogP contribution in [0.15, 0.2) is 11.6 Å². The molecular formula is C12H20. The summed E-state index contributed by atoms with van der Waals surface area (Å²) < 4.78 is 0. The van der Waals surface area contributed by atoms with Crippen molar-refractivity contribution in [2.45, 2.75) is 57.8 Å². The van der Waals surface area contributed by atoms with Gasteiger partial charge in [-0.3, -0.25) is 0 Å². The molecule has 68 valence electrons. The van der Waals surface area contributed by atoms with Crippen molar-refractivity contribution in [2.75, 3.05) is 0 Å². The Morgan fingerprint density at radius 3 is 2.17 bits per heavy atom. The van der Waals surface area contributed by atoms with Gasteiger partial charge in [-0.25, -0.2) is 0 Å². The van der Waals surface area contributed by atoms with E-state index in [-0.39, 0.29) is 0 Å². The van der Waals surface area contributed by atoms with Crippen molar-refractivity contribution in [2.24, 2.45) is 5.92 Å². The highest BCUT2D eigenvalue weighted by Gasteiger charge is 2.14. The SMILES string of the molecule is C(=C1CCCCC1)C1CCCC1. The molecule has 12 heavy (non-hydrogen) atoms. The monoisotopic (exact) mass is 164 g/mol. The van der Waals surface area contributed by atoms with Crippen LogP contribution in [-0.4, -0.2) is 0 Å². The molecule has 0 heteroatoms. The van der Waals surface area contributed by atoms with Crippen LogP contribution in [-0.2, 0) is 0 Å². The van der Waals surface area contributed by atoms with E-state index in [0.717, 1.165) is 5.92 Å². The van der Waals surface area contributed by atoms with Crippen molar-refractivity contribution < 1.29 is 0 Å². The van der Waals surface area contributed by atoms with Gasteiger partial charge in [0, 0.05) is 0 Å². The molecule has 0 atom stereocenters. The van der Waals surface area contributed by atoms with Gasteiger partial charge in [-0.15, -0.1) is 0 Å². The van der Waals surface area contributed by atoms with Gasteiger partial charge in [0.05, 0.1) is 0 Å². The zero-order chi connectivity index (χ0) is 8.23. The smallest absolute Gasteiger partial charge is 0.0231 e. The van der Waals surface area contributed by atoms with Crippen molar-refractivity contribution in [3.63, 3.8) is 0 Å². The lowest BCUT2D eigenvalue weighted by Crippen LogP contribution is -1.97. The molecule has 0 nitrogen and oxygen atoms in total. The molecule has 0 bridgehead atoms. The normalized spacial score (nSPS) is 26.2. The van der Waals surface area contributed by atoms with E-state index in [4.69, 9.17) is 0 Å². The Labute approximate surface area is 76.1 Å². The lowest BCUT2D eigenvalue weighted by atomic mass is 9.91. The predicted octanol–water partition coefficient (Wildman–Crippen LogP) is 4.07. The minimum absolute atomic E-state index is 0.970. The van der Waals surface area contributed by atoms with Gasteiger partial charge in [0.2, 0.25) is 0 Å². The number of rotatable bonds is 1. The molecule has 2 aliphatic rings. The molecule has 0 radical (unpaired) electrons. The second-order valence-corrected chi connectivity index (χ2v) is 4.43. The molecule has 0 unspecified atom stereocenters. The van der Waals surface area contributed by atoms with Crippen LogP contribution in [0.4, 0.5) is 0 Å². The third-order valence-corrected chi connectivity index (χ3v) is 3.37. The van der Waals surface area contributed by atoms with E-state index in [1.54, 1.807) is 5.57 Å². The quantitative estimate of drug-likeness (QED) is 0.512. The number of hydrogen-bond donors (Lipinski definition) is 0. The highest BCUT2D eigenvalue weighted by molar-refractivity contribution is 5.07. The van der Waals surface area contributed by atoms with Crippen molar-refractivity contribution in [3.05, 3.63) is 11.6 Å². The average Bonchev–Trinajstić information content (AvgIpc) is 2.59. The minimum atomic E-state index is 0.970. The Hall–Kier alpha value is -0.260. The maximum atomic E-state index is 2.62. The molecule has 0 aliphatic heterocycles. The summed E-state index contributed by atoms with van der Waals surface area (Å²) in [7, 11) is 0. The molecule has 0 amide bonds. The highest BCUT2D eigenvalue weighted by atomic mass is 14.2. The first-order valence-electron chi connectivity index (χ1n) is 5.65. The van der Waals surface area contributed by atoms with Crippen LogP contribution in [0.25, 0.3) is 0 Å². The summed E-state index contributed by atoms with van der Waals surface area (Å²) in [5.41, 5.74) is 1.79. The van der Waals surface area contributed by atoms with E-state index in [9.17, 15) is 0 Å². The Morgan fingerprint density at radius 1 is 0.833 bits per heavy atom. The van der Waals surface area contributed by atoms with E-state index in [1.165, 1.54) is 57.8 Å². The molecular weight excluding hydrogens is 144 g/mol. The summed E-state index contributed by atoms with van der Waals surface area (Å²) >= 11 is 0. The molecule has 2 saturated carbocycles. The van der Waals surface area contributed by atoms with Gasteiger partial charge in [-0.2, -0.15) is 0 Å². The fourth-order valence-electron chi connectivity index (χ4n) is 2.63. The molecule has 0 aromatic heterocycles. The van der Waals surface area contributed by atoms with Crippen LogP contribution in [0.2, 0.25) is 0 Å².